The fourth-order valence-corrected chi connectivity index (χ4v) is 4.51. The van der Waals surface area contributed by atoms with Gasteiger partial charge in [-0.25, -0.2) is 13.2 Å². The first-order valence-electron chi connectivity index (χ1n) is 7.06. The monoisotopic (exact) mass is 356 g/mol. The predicted octanol–water partition coefficient (Wildman–Crippen LogP) is 0.596. The lowest BCUT2D eigenvalue weighted by molar-refractivity contribution is 0.502. The van der Waals surface area contributed by atoms with Crippen LogP contribution in [0.5, 0.6) is 0 Å². The summed E-state index contributed by atoms with van der Waals surface area (Å²) in [7, 11) is -2.66. The van der Waals surface area contributed by atoms with Crippen molar-refractivity contribution in [3.63, 3.8) is 0 Å². The third kappa shape index (κ3) is 3.69. The number of aryl methyl sites for hydroxylation is 1. The maximum Gasteiger partial charge on any atom is 0.309 e. The van der Waals surface area contributed by atoms with Gasteiger partial charge in [0.15, 0.2) is 0 Å². The van der Waals surface area contributed by atoms with Crippen molar-refractivity contribution in [3.05, 3.63) is 42.2 Å². The molecule has 0 aliphatic rings. The van der Waals surface area contributed by atoms with Crippen molar-refractivity contribution < 1.29 is 12.6 Å². The zero-order chi connectivity index (χ0) is 17.0. The van der Waals surface area contributed by atoms with E-state index in [0.29, 0.717) is 30.0 Å². The molecule has 1 heterocycles. The number of benzene rings is 1. The van der Waals surface area contributed by atoms with Crippen molar-refractivity contribution in [2.75, 3.05) is 20.6 Å². The maximum absolute atomic E-state index is 12.7. The molecule has 1 unspecified atom stereocenters. The standard InChI is InChI=1S/C14H20N4O3S2/c1-17(2)23(20,21)18-12(7-6-10-15)11-16-14(18)22(19)13-8-4-3-5-9-13/h3-5,8-9,11H,6-7,10,15H2,1-2H3. The highest BCUT2D eigenvalue weighted by molar-refractivity contribution is 7.89. The highest BCUT2D eigenvalue weighted by atomic mass is 32.2. The van der Waals surface area contributed by atoms with Gasteiger partial charge in [0.2, 0.25) is 5.16 Å². The lowest BCUT2D eigenvalue weighted by atomic mass is 10.2. The number of nitrogens with two attached hydrogens (primary N) is 1. The van der Waals surface area contributed by atoms with Crippen LogP contribution in [-0.4, -0.2) is 46.5 Å². The van der Waals surface area contributed by atoms with Gasteiger partial charge in [0.05, 0.1) is 11.9 Å². The molecule has 1 aromatic heterocycles. The van der Waals surface area contributed by atoms with Crippen LogP contribution >= 0.6 is 0 Å². The van der Waals surface area contributed by atoms with Crippen LogP contribution < -0.4 is 5.73 Å². The van der Waals surface area contributed by atoms with Crippen LogP contribution in [0.15, 0.2) is 46.6 Å². The maximum atomic E-state index is 12.7. The molecule has 0 aliphatic carbocycles. The molecule has 0 fully saturated rings. The molecule has 0 amide bonds. The molecule has 2 aromatic rings. The Morgan fingerprint density at radius 3 is 2.48 bits per heavy atom. The normalized spacial score (nSPS) is 13.4. The van der Waals surface area contributed by atoms with Crippen LogP contribution in [0.4, 0.5) is 0 Å². The first-order chi connectivity index (χ1) is 10.9. The number of rotatable bonds is 7. The van der Waals surface area contributed by atoms with E-state index in [-0.39, 0.29) is 5.16 Å². The number of imidazole rings is 1. The van der Waals surface area contributed by atoms with Crippen LogP contribution in [0.1, 0.15) is 12.1 Å². The third-order valence-corrected chi connectivity index (χ3v) is 6.44. The van der Waals surface area contributed by atoms with Gasteiger partial charge >= 0.3 is 10.2 Å². The van der Waals surface area contributed by atoms with Gasteiger partial charge in [-0.1, -0.05) is 18.2 Å². The lowest BCUT2D eigenvalue weighted by Crippen LogP contribution is -2.31. The van der Waals surface area contributed by atoms with E-state index < -0.39 is 21.0 Å². The number of hydrogen-bond acceptors (Lipinski definition) is 5. The molecule has 23 heavy (non-hydrogen) atoms. The van der Waals surface area contributed by atoms with E-state index in [0.717, 1.165) is 8.28 Å². The zero-order valence-corrected chi connectivity index (χ0v) is 14.7. The van der Waals surface area contributed by atoms with Gasteiger partial charge in [0.1, 0.15) is 10.8 Å². The summed E-state index contributed by atoms with van der Waals surface area (Å²) in [6, 6.07) is 8.65. The van der Waals surface area contributed by atoms with E-state index in [9.17, 15) is 12.6 Å². The summed E-state index contributed by atoms with van der Waals surface area (Å²) in [4.78, 5) is 4.61. The molecule has 0 aliphatic heterocycles. The fraction of sp³-hybridized carbons (Fsp3) is 0.357. The Balaban J connectivity index is 2.56. The average Bonchev–Trinajstić information content (AvgIpc) is 2.97. The minimum Gasteiger partial charge on any atom is -0.330 e. The Morgan fingerprint density at radius 1 is 1.26 bits per heavy atom. The van der Waals surface area contributed by atoms with Gasteiger partial charge in [0.25, 0.3) is 0 Å². The molecule has 0 bridgehead atoms. The Morgan fingerprint density at radius 2 is 1.91 bits per heavy atom. The molecular weight excluding hydrogens is 336 g/mol. The largest absolute Gasteiger partial charge is 0.330 e. The first kappa shape index (κ1) is 17.8. The van der Waals surface area contributed by atoms with Crippen molar-refractivity contribution in [1.82, 2.24) is 13.3 Å². The zero-order valence-electron chi connectivity index (χ0n) is 13.0. The van der Waals surface area contributed by atoms with Crippen LogP contribution in [-0.2, 0) is 27.4 Å². The number of hydrogen-bond donors (Lipinski definition) is 1. The van der Waals surface area contributed by atoms with E-state index in [2.05, 4.69) is 4.98 Å². The summed E-state index contributed by atoms with van der Waals surface area (Å²) in [5.74, 6) is 0. The summed E-state index contributed by atoms with van der Waals surface area (Å²) in [5.41, 5.74) is 5.98. The Labute approximate surface area is 138 Å². The van der Waals surface area contributed by atoms with Gasteiger partial charge in [-0.15, -0.1) is 0 Å². The SMILES string of the molecule is CN(C)S(=O)(=O)n1c(CCCN)cnc1S(=O)c1ccccc1. The second kappa shape index (κ2) is 7.35. The highest BCUT2D eigenvalue weighted by Crippen LogP contribution is 2.20. The minimum atomic E-state index is -3.82. The summed E-state index contributed by atoms with van der Waals surface area (Å²) in [5, 5.41) is -0.00285. The molecule has 0 saturated heterocycles. The molecule has 126 valence electrons. The molecule has 1 aromatic carbocycles. The minimum absolute atomic E-state index is 0.00285. The van der Waals surface area contributed by atoms with E-state index in [1.807, 2.05) is 0 Å². The summed E-state index contributed by atoms with van der Waals surface area (Å²) >= 11 is 0. The summed E-state index contributed by atoms with van der Waals surface area (Å²) in [6.07, 6.45) is 2.52. The van der Waals surface area contributed by atoms with Crippen LogP contribution in [0.25, 0.3) is 0 Å². The third-order valence-electron chi connectivity index (χ3n) is 3.21. The quantitative estimate of drug-likeness (QED) is 0.783. The number of aromatic nitrogens is 2. The van der Waals surface area contributed by atoms with Crippen LogP contribution in [0.2, 0.25) is 0 Å². The second-order valence-electron chi connectivity index (χ2n) is 5.06. The molecule has 9 heteroatoms. The molecule has 2 rings (SSSR count). The van der Waals surface area contributed by atoms with Crippen molar-refractivity contribution >= 4 is 21.0 Å². The van der Waals surface area contributed by atoms with Gasteiger partial charge < -0.3 is 5.73 Å². The summed E-state index contributed by atoms with van der Waals surface area (Å²) < 4.78 is 40.1. The van der Waals surface area contributed by atoms with Gasteiger partial charge in [0, 0.05) is 19.0 Å². The highest BCUT2D eigenvalue weighted by Gasteiger charge is 2.27. The molecule has 7 nitrogen and oxygen atoms in total. The van der Waals surface area contributed by atoms with Crippen LogP contribution in [0, 0.1) is 0 Å². The van der Waals surface area contributed by atoms with E-state index in [1.54, 1.807) is 30.3 Å². The Hall–Kier alpha value is -1.55. The fourth-order valence-electron chi connectivity index (χ4n) is 1.99. The Bertz CT molecular complexity index is 786. The smallest absolute Gasteiger partial charge is 0.309 e. The molecule has 1 atom stereocenters. The molecule has 0 saturated carbocycles. The molecular formula is C14H20N4O3S2. The van der Waals surface area contributed by atoms with Gasteiger partial charge in [-0.3, -0.25) is 0 Å². The molecule has 0 spiro atoms. The van der Waals surface area contributed by atoms with Gasteiger partial charge in [-0.05, 0) is 31.5 Å². The topological polar surface area (TPSA) is 98.3 Å². The van der Waals surface area contributed by atoms with Gasteiger partial charge in [-0.2, -0.15) is 12.7 Å². The van der Waals surface area contributed by atoms with E-state index in [1.165, 1.54) is 20.3 Å². The Kier molecular flexibility index (Phi) is 5.69. The van der Waals surface area contributed by atoms with Crippen molar-refractivity contribution in [1.29, 1.82) is 0 Å². The van der Waals surface area contributed by atoms with Crippen LogP contribution in [0.3, 0.4) is 0 Å². The summed E-state index contributed by atoms with van der Waals surface area (Å²) in [6.45, 7) is 0.435. The average molecular weight is 356 g/mol. The number of nitrogens with zero attached hydrogens (tertiary/aromatic N) is 3. The second-order valence-corrected chi connectivity index (χ2v) is 8.43. The van der Waals surface area contributed by atoms with E-state index >= 15 is 0 Å². The molecule has 0 radical (unpaired) electrons. The predicted molar refractivity (Wildman–Crippen MR) is 88.7 cm³/mol. The first-order valence-corrected chi connectivity index (χ1v) is 9.60. The van der Waals surface area contributed by atoms with Crippen molar-refractivity contribution in [2.24, 2.45) is 5.73 Å². The van der Waals surface area contributed by atoms with E-state index in [4.69, 9.17) is 5.73 Å². The van der Waals surface area contributed by atoms with Crippen molar-refractivity contribution in [2.45, 2.75) is 22.9 Å². The lowest BCUT2D eigenvalue weighted by Gasteiger charge is -2.16. The molecule has 2 N–H and O–H groups in total. The van der Waals surface area contributed by atoms with Crippen molar-refractivity contribution in [3.8, 4) is 0 Å².